The summed E-state index contributed by atoms with van der Waals surface area (Å²) >= 11 is 0. The number of hydrogen-bond acceptors (Lipinski definition) is 4. The van der Waals surface area contributed by atoms with Gasteiger partial charge in [-0.1, -0.05) is 38.5 Å². The van der Waals surface area contributed by atoms with Gasteiger partial charge < -0.3 is 14.5 Å². The standard InChI is InChI=1S/C23H23NO4/c1-3-5-12-27-16-9-7-15(8-10-16)20-19-21(25)17-13-14(4-2)6-11-18(17)28-22(19)23(26)24-20/h6-11,13,20H,3-5,12H2,1-2H3,(H,24,26). The van der Waals surface area contributed by atoms with Gasteiger partial charge >= 0.3 is 0 Å². The molecule has 1 unspecified atom stereocenters. The first-order valence-electron chi connectivity index (χ1n) is 9.75. The largest absolute Gasteiger partial charge is 0.494 e. The van der Waals surface area contributed by atoms with Crippen LogP contribution >= 0.6 is 0 Å². The number of ether oxygens (including phenoxy) is 1. The maximum Gasteiger partial charge on any atom is 0.288 e. The minimum atomic E-state index is -0.516. The van der Waals surface area contributed by atoms with E-state index in [0.717, 1.165) is 36.1 Å². The molecule has 0 spiro atoms. The molecule has 1 atom stereocenters. The van der Waals surface area contributed by atoms with Crippen molar-refractivity contribution in [3.05, 3.63) is 75.1 Å². The molecule has 0 saturated carbocycles. The van der Waals surface area contributed by atoms with Crippen LogP contribution in [0.2, 0.25) is 0 Å². The molecule has 0 fully saturated rings. The second-order valence-corrected chi connectivity index (χ2v) is 7.04. The number of nitrogens with one attached hydrogen (secondary N) is 1. The Labute approximate surface area is 163 Å². The van der Waals surface area contributed by atoms with Crippen LogP contribution in [0.4, 0.5) is 0 Å². The highest BCUT2D eigenvalue weighted by molar-refractivity contribution is 5.99. The van der Waals surface area contributed by atoms with Gasteiger partial charge in [-0.05, 0) is 48.2 Å². The van der Waals surface area contributed by atoms with E-state index in [2.05, 4.69) is 12.2 Å². The van der Waals surface area contributed by atoms with Crippen molar-refractivity contribution in [2.24, 2.45) is 0 Å². The van der Waals surface area contributed by atoms with E-state index in [1.807, 2.05) is 43.3 Å². The number of aryl methyl sites for hydroxylation is 1. The zero-order chi connectivity index (χ0) is 19.7. The van der Waals surface area contributed by atoms with Gasteiger partial charge in [-0.25, -0.2) is 0 Å². The average Bonchev–Trinajstić information content (AvgIpc) is 3.05. The third-order valence-corrected chi connectivity index (χ3v) is 5.15. The highest BCUT2D eigenvalue weighted by Gasteiger charge is 2.35. The molecule has 0 saturated heterocycles. The number of benzene rings is 2. The fourth-order valence-electron chi connectivity index (χ4n) is 3.52. The monoisotopic (exact) mass is 377 g/mol. The van der Waals surface area contributed by atoms with Gasteiger partial charge in [0.05, 0.1) is 23.6 Å². The smallest absolute Gasteiger partial charge is 0.288 e. The lowest BCUT2D eigenvalue weighted by Gasteiger charge is -2.13. The number of amides is 1. The van der Waals surface area contributed by atoms with E-state index in [4.69, 9.17) is 9.15 Å². The number of carbonyl (C=O) groups is 1. The summed E-state index contributed by atoms with van der Waals surface area (Å²) in [4.78, 5) is 25.6. The quantitative estimate of drug-likeness (QED) is 0.648. The molecular formula is C23H23NO4. The molecule has 0 bridgehead atoms. The fourth-order valence-corrected chi connectivity index (χ4v) is 3.52. The Balaban J connectivity index is 1.73. The van der Waals surface area contributed by atoms with E-state index >= 15 is 0 Å². The number of rotatable bonds is 6. The molecular weight excluding hydrogens is 354 g/mol. The minimum Gasteiger partial charge on any atom is -0.494 e. The van der Waals surface area contributed by atoms with E-state index < -0.39 is 6.04 Å². The van der Waals surface area contributed by atoms with Crippen molar-refractivity contribution in [1.29, 1.82) is 0 Å². The van der Waals surface area contributed by atoms with Crippen molar-refractivity contribution in [3.8, 4) is 5.75 Å². The molecule has 5 heteroatoms. The molecule has 1 aliphatic heterocycles. The molecule has 3 aromatic rings. The van der Waals surface area contributed by atoms with Gasteiger partial charge in [0, 0.05) is 0 Å². The Kier molecular flexibility index (Phi) is 4.90. The van der Waals surface area contributed by atoms with Gasteiger partial charge in [0.1, 0.15) is 11.3 Å². The van der Waals surface area contributed by atoms with Crippen molar-refractivity contribution in [2.45, 2.75) is 39.2 Å². The van der Waals surface area contributed by atoms with Crippen LogP contribution in [-0.2, 0) is 6.42 Å². The van der Waals surface area contributed by atoms with Gasteiger partial charge in [0.2, 0.25) is 5.76 Å². The van der Waals surface area contributed by atoms with Crippen LogP contribution in [0.3, 0.4) is 0 Å². The SMILES string of the molecule is CCCCOc1ccc(C2NC(=O)c3oc4ccc(CC)cc4c(=O)c32)cc1. The predicted molar refractivity (Wildman–Crippen MR) is 108 cm³/mol. The summed E-state index contributed by atoms with van der Waals surface area (Å²) in [5.41, 5.74) is 2.55. The van der Waals surface area contributed by atoms with Gasteiger partial charge in [-0.15, -0.1) is 0 Å². The van der Waals surface area contributed by atoms with Crippen LogP contribution in [0.5, 0.6) is 5.75 Å². The summed E-state index contributed by atoms with van der Waals surface area (Å²) in [6.07, 6.45) is 2.90. The molecule has 2 heterocycles. The number of fused-ring (bicyclic) bond motifs is 2. The summed E-state index contributed by atoms with van der Waals surface area (Å²) in [6, 6.07) is 12.5. The third-order valence-electron chi connectivity index (χ3n) is 5.15. The zero-order valence-electron chi connectivity index (χ0n) is 16.1. The van der Waals surface area contributed by atoms with Crippen molar-refractivity contribution >= 4 is 16.9 Å². The van der Waals surface area contributed by atoms with Gasteiger partial charge in [0.25, 0.3) is 5.91 Å². The average molecular weight is 377 g/mol. The Morgan fingerprint density at radius 3 is 2.57 bits per heavy atom. The van der Waals surface area contributed by atoms with Crippen molar-refractivity contribution in [2.75, 3.05) is 6.61 Å². The molecule has 1 aliphatic rings. The van der Waals surface area contributed by atoms with E-state index in [-0.39, 0.29) is 17.1 Å². The van der Waals surface area contributed by atoms with Gasteiger partial charge in [-0.2, -0.15) is 0 Å². The predicted octanol–water partition coefficient (Wildman–Crippen LogP) is 4.37. The van der Waals surface area contributed by atoms with E-state index in [1.165, 1.54) is 0 Å². The van der Waals surface area contributed by atoms with Crippen LogP contribution in [0.25, 0.3) is 11.0 Å². The number of carbonyl (C=O) groups excluding carboxylic acids is 1. The first kappa shape index (κ1) is 18.3. The lowest BCUT2D eigenvalue weighted by atomic mass is 9.98. The highest BCUT2D eigenvalue weighted by atomic mass is 16.5. The summed E-state index contributed by atoms with van der Waals surface area (Å²) in [6.45, 7) is 4.83. The van der Waals surface area contributed by atoms with E-state index in [1.54, 1.807) is 6.07 Å². The van der Waals surface area contributed by atoms with Crippen molar-refractivity contribution in [3.63, 3.8) is 0 Å². The first-order valence-corrected chi connectivity index (χ1v) is 9.75. The maximum absolute atomic E-state index is 13.2. The Bertz CT molecular complexity index is 1080. The summed E-state index contributed by atoms with van der Waals surface area (Å²) in [7, 11) is 0. The summed E-state index contributed by atoms with van der Waals surface area (Å²) < 4.78 is 11.5. The second kappa shape index (κ2) is 7.50. The maximum atomic E-state index is 13.2. The molecule has 28 heavy (non-hydrogen) atoms. The zero-order valence-corrected chi connectivity index (χ0v) is 16.1. The van der Waals surface area contributed by atoms with Crippen molar-refractivity contribution in [1.82, 2.24) is 5.32 Å². The van der Waals surface area contributed by atoms with Crippen LogP contribution in [0.15, 0.2) is 51.7 Å². The summed E-state index contributed by atoms with van der Waals surface area (Å²) in [5, 5.41) is 3.39. The van der Waals surface area contributed by atoms with Crippen molar-refractivity contribution < 1.29 is 13.9 Å². The minimum absolute atomic E-state index is 0.107. The Hall–Kier alpha value is -3.08. The van der Waals surface area contributed by atoms with Crippen LogP contribution in [-0.4, -0.2) is 12.5 Å². The lowest BCUT2D eigenvalue weighted by Crippen LogP contribution is -2.21. The third kappa shape index (κ3) is 3.17. The Morgan fingerprint density at radius 1 is 1.07 bits per heavy atom. The molecule has 4 rings (SSSR count). The fraction of sp³-hybridized carbons (Fsp3) is 0.304. The van der Waals surface area contributed by atoms with Gasteiger partial charge in [0.15, 0.2) is 5.43 Å². The van der Waals surface area contributed by atoms with Crippen LogP contribution < -0.4 is 15.5 Å². The lowest BCUT2D eigenvalue weighted by molar-refractivity contribution is 0.0938. The molecule has 0 radical (unpaired) electrons. The molecule has 1 N–H and O–H groups in total. The molecule has 0 aliphatic carbocycles. The normalized spacial score (nSPS) is 15.5. The van der Waals surface area contributed by atoms with Crippen LogP contribution in [0, 0.1) is 0 Å². The highest BCUT2D eigenvalue weighted by Crippen LogP contribution is 2.32. The topological polar surface area (TPSA) is 68.5 Å². The van der Waals surface area contributed by atoms with E-state index in [0.29, 0.717) is 23.1 Å². The summed E-state index contributed by atoms with van der Waals surface area (Å²) in [5.74, 6) is 0.525. The molecule has 1 aromatic heterocycles. The van der Waals surface area contributed by atoms with E-state index in [9.17, 15) is 9.59 Å². The first-order chi connectivity index (χ1) is 13.6. The second-order valence-electron chi connectivity index (χ2n) is 7.04. The number of hydrogen-bond donors (Lipinski definition) is 1. The molecule has 5 nitrogen and oxygen atoms in total. The van der Waals surface area contributed by atoms with Crippen LogP contribution in [0.1, 0.15) is 60.0 Å². The number of unbranched alkanes of at least 4 members (excludes halogenated alkanes) is 1. The molecule has 144 valence electrons. The van der Waals surface area contributed by atoms with Gasteiger partial charge in [-0.3, -0.25) is 9.59 Å². The Morgan fingerprint density at radius 2 is 1.86 bits per heavy atom. The molecule has 2 aromatic carbocycles. The molecule has 1 amide bonds.